The maximum Gasteiger partial charge on any atom is 0.143 e. The highest BCUT2D eigenvalue weighted by atomic mass is 16.3. The molecule has 0 bridgehead atoms. The summed E-state index contributed by atoms with van der Waals surface area (Å²) >= 11 is 0. The number of fused-ring (bicyclic) bond motifs is 4. The SMILES string of the molecule is c1ccc(-c2ccccc2-c2ccccc2-c2ccccc2N(c2cccc(-c3cccc4c3oc3ccccc34)c2)c2ccc3ccccc3c2)cc1. The highest BCUT2D eigenvalue weighted by molar-refractivity contribution is 6.10. The number of benzene rings is 9. The van der Waals surface area contributed by atoms with Gasteiger partial charge in [0, 0.05) is 33.3 Å². The lowest BCUT2D eigenvalue weighted by Gasteiger charge is -2.29. The zero-order valence-electron chi connectivity index (χ0n) is 29.6. The highest BCUT2D eigenvalue weighted by Gasteiger charge is 2.21. The van der Waals surface area contributed by atoms with Crippen LogP contribution in [0.2, 0.25) is 0 Å². The Labute approximate surface area is 314 Å². The summed E-state index contributed by atoms with van der Waals surface area (Å²) in [7, 11) is 0. The zero-order valence-corrected chi connectivity index (χ0v) is 29.6. The fourth-order valence-electron chi connectivity index (χ4n) is 7.97. The molecule has 0 aliphatic rings. The molecule has 1 aromatic heterocycles. The first-order chi connectivity index (χ1) is 26.8. The Kier molecular flexibility index (Phi) is 7.85. The van der Waals surface area contributed by atoms with Gasteiger partial charge in [0.1, 0.15) is 11.2 Å². The Bertz CT molecular complexity index is 2960. The second-order valence-electron chi connectivity index (χ2n) is 13.7. The molecule has 0 unspecified atom stereocenters. The van der Waals surface area contributed by atoms with Gasteiger partial charge in [0.05, 0.1) is 5.69 Å². The van der Waals surface area contributed by atoms with Crippen LogP contribution in [0.5, 0.6) is 0 Å². The van der Waals surface area contributed by atoms with E-state index in [4.69, 9.17) is 4.42 Å². The van der Waals surface area contributed by atoms with Gasteiger partial charge in [-0.25, -0.2) is 0 Å². The summed E-state index contributed by atoms with van der Waals surface area (Å²) in [6.45, 7) is 0. The van der Waals surface area contributed by atoms with E-state index in [1.807, 2.05) is 12.1 Å². The first-order valence-electron chi connectivity index (χ1n) is 18.4. The Morgan fingerprint density at radius 3 is 1.70 bits per heavy atom. The smallest absolute Gasteiger partial charge is 0.143 e. The number of furan rings is 1. The minimum atomic E-state index is 0.898. The first-order valence-corrected chi connectivity index (χ1v) is 18.4. The summed E-state index contributed by atoms with van der Waals surface area (Å²) in [6.07, 6.45) is 0. The number of hydrogen-bond acceptors (Lipinski definition) is 2. The molecule has 0 aliphatic carbocycles. The second kappa shape index (κ2) is 13.4. The van der Waals surface area contributed by atoms with Gasteiger partial charge < -0.3 is 9.32 Å². The van der Waals surface area contributed by atoms with Gasteiger partial charge >= 0.3 is 0 Å². The Morgan fingerprint density at radius 1 is 0.315 bits per heavy atom. The van der Waals surface area contributed by atoms with Gasteiger partial charge in [-0.3, -0.25) is 0 Å². The molecule has 0 saturated heterocycles. The van der Waals surface area contributed by atoms with E-state index >= 15 is 0 Å². The first kappa shape index (κ1) is 31.6. The van der Waals surface area contributed by atoms with Crippen molar-refractivity contribution in [2.75, 3.05) is 4.90 Å². The molecule has 9 aromatic carbocycles. The molecule has 2 heteroatoms. The summed E-state index contributed by atoms with van der Waals surface area (Å²) in [5.74, 6) is 0. The number of nitrogens with zero attached hydrogens (tertiary/aromatic N) is 1. The zero-order chi connectivity index (χ0) is 35.8. The van der Waals surface area contributed by atoms with Crippen molar-refractivity contribution >= 4 is 49.8 Å². The van der Waals surface area contributed by atoms with Gasteiger partial charge in [-0.1, -0.05) is 176 Å². The summed E-state index contributed by atoms with van der Waals surface area (Å²) in [4.78, 5) is 2.41. The molecule has 54 heavy (non-hydrogen) atoms. The predicted octanol–water partition coefficient (Wildman–Crippen LogP) is 14.9. The third-order valence-electron chi connectivity index (χ3n) is 10.5. The number of anilines is 3. The molecule has 10 aromatic rings. The average molecular weight is 690 g/mol. The van der Waals surface area contributed by atoms with Crippen molar-refractivity contribution in [3.05, 3.63) is 212 Å². The van der Waals surface area contributed by atoms with E-state index in [0.717, 1.165) is 55.7 Å². The topological polar surface area (TPSA) is 16.4 Å². The Morgan fingerprint density at radius 2 is 0.870 bits per heavy atom. The lowest BCUT2D eigenvalue weighted by molar-refractivity contribution is 0.670. The van der Waals surface area contributed by atoms with Gasteiger partial charge in [0.25, 0.3) is 0 Å². The van der Waals surface area contributed by atoms with Crippen molar-refractivity contribution < 1.29 is 4.42 Å². The predicted molar refractivity (Wildman–Crippen MR) is 228 cm³/mol. The number of para-hydroxylation sites is 3. The van der Waals surface area contributed by atoms with Gasteiger partial charge in [-0.05, 0) is 80.6 Å². The highest BCUT2D eigenvalue weighted by Crippen LogP contribution is 2.46. The van der Waals surface area contributed by atoms with E-state index in [2.05, 4.69) is 205 Å². The molecule has 0 amide bonds. The van der Waals surface area contributed by atoms with Crippen LogP contribution >= 0.6 is 0 Å². The average Bonchev–Trinajstić information content (AvgIpc) is 3.63. The van der Waals surface area contributed by atoms with Crippen LogP contribution in [-0.2, 0) is 0 Å². The van der Waals surface area contributed by atoms with Crippen LogP contribution in [0.15, 0.2) is 217 Å². The van der Waals surface area contributed by atoms with Crippen LogP contribution in [0.25, 0.3) is 77.2 Å². The monoisotopic (exact) mass is 689 g/mol. The third-order valence-corrected chi connectivity index (χ3v) is 10.5. The normalized spacial score (nSPS) is 11.3. The van der Waals surface area contributed by atoms with E-state index in [1.165, 1.54) is 38.6 Å². The van der Waals surface area contributed by atoms with E-state index < -0.39 is 0 Å². The van der Waals surface area contributed by atoms with Crippen molar-refractivity contribution in [1.29, 1.82) is 0 Å². The lowest BCUT2D eigenvalue weighted by Crippen LogP contribution is -2.11. The van der Waals surface area contributed by atoms with Gasteiger partial charge in [0.15, 0.2) is 0 Å². The molecule has 0 spiro atoms. The van der Waals surface area contributed by atoms with E-state index in [9.17, 15) is 0 Å². The molecular weight excluding hydrogens is 655 g/mol. The summed E-state index contributed by atoms with van der Waals surface area (Å²) in [5.41, 5.74) is 14.3. The van der Waals surface area contributed by atoms with Crippen LogP contribution in [0.4, 0.5) is 17.1 Å². The van der Waals surface area contributed by atoms with Crippen molar-refractivity contribution in [1.82, 2.24) is 0 Å². The van der Waals surface area contributed by atoms with Crippen LogP contribution in [0.1, 0.15) is 0 Å². The molecule has 254 valence electrons. The van der Waals surface area contributed by atoms with Gasteiger partial charge in [0.2, 0.25) is 0 Å². The summed E-state index contributed by atoms with van der Waals surface area (Å²) in [6, 6.07) is 75.9. The van der Waals surface area contributed by atoms with Gasteiger partial charge in [-0.15, -0.1) is 0 Å². The van der Waals surface area contributed by atoms with E-state index in [0.29, 0.717) is 0 Å². The van der Waals surface area contributed by atoms with E-state index in [-0.39, 0.29) is 0 Å². The van der Waals surface area contributed by atoms with E-state index in [1.54, 1.807) is 0 Å². The third kappa shape index (κ3) is 5.53. The second-order valence-corrected chi connectivity index (χ2v) is 13.7. The molecule has 0 atom stereocenters. The van der Waals surface area contributed by atoms with Crippen molar-refractivity contribution in [3.8, 4) is 44.5 Å². The maximum atomic E-state index is 6.52. The lowest BCUT2D eigenvalue weighted by atomic mass is 9.88. The molecular formula is C52H35NO. The minimum Gasteiger partial charge on any atom is -0.455 e. The van der Waals surface area contributed by atoms with Crippen molar-refractivity contribution in [2.24, 2.45) is 0 Å². The molecule has 2 nitrogen and oxygen atoms in total. The fourth-order valence-corrected chi connectivity index (χ4v) is 7.97. The van der Waals surface area contributed by atoms with Crippen LogP contribution < -0.4 is 4.90 Å². The molecule has 1 heterocycles. The van der Waals surface area contributed by atoms with Crippen LogP contribution in [-0.4, -0.2) is 0 Å². The van der Waals surface area contributed by atoms with Gasteiger partial charge in [-0.2, -0.15) is 0 Å². The molecule has 0 radical (unpaired) electrons. The molecule has 10 rings (SSSR count). The molecule has 0 saturated carbocycles. The summed E-state index contributed by atoms with van der Waals surface area (Å²) < 4.78 is 6.52. The largest absolute Gasteiger partial charge is 0.455 e. The Balaban J connectivity index is 1.18. The van der Waals surface area contributed by atoms with Crippen LogP contribution in [0.3, 0.4) is 0 Å². The minimum absolute atomic E-state index is 0.898. The summed E-state index contributed by atoms with van der Waals surface area (Å²) in [5, 5.41) is 4.66. The fraction of sp³-hybridized carbons (Fsp3) is 0. The van der Waals surface area contributed by atoms with Crippen molar-refractivity contribution in [2.45, 2.75) is 0 Å². The van der Waals surface area contributed by atoms with Crippen molar-refractivity contribution in [3.63, 3.8) is 0 Å². The number of rotatable bonds is 7. The molecule has 0 N–H and O–H groups in total. The van der Waals surface area contributed by atoms with Crippen LogP contribution in [0, 0.1) is 0 Å². The molecule has 0 fully saturated rings. The molecule has 0 aliphatic heterocycles. The number of hydrogen-bond donors (Lipinski definition) is 0. The Hall–Kier alpha value is -7.16. The maximum absolute atomic E-state index is 6.52. The standard InChI is InChI=1S/C52H35NO/c1-2-17-37(18-3-1)42-22-6-7-23-44(42)45-24-8-9-25-46(45)47-26-10-12-30-50(47)53(41-33-32-36-16-4-5-19-38(36)34-41)40-21-14-20-39(35-40)43-28-15-29-49-48-27-11-13-31-51(48)54-52(43)49/h1-35H. The quantitative estimate of drug-likeness (QED) is 0.166.